The number of epoxide rings is 1. The van der Waals surface area contributed by atoms with Crippen molar-refractivity contribution in [2.75, 3.05) is 0 Å². The van der Waals surface area contributed by atoms with Gasteiger partial charge in [0.1, 0.15) is 23.9 Å². The summed E-state index contributed by atoms with van der Waals surface area (Å²) in [6.45, 7) is 0. The number of rotatable bonds is 2. The second-order valence-electron chi connectivity index (χ2n) is 5.75. The molecular weight excluding hydrogens is 240 g/mol. The first-order valence-corrected chi connectivity index (χ1v) is 6.49. The van der Waals surface area contributed by atoms with Crippen molar-refractivity contribution in [3.63, 3.8) is 0 Å². The van der Waals surface area contributed by atoms with Gasteiger partial charge in [-0.25, -0.2) is 0 Å². The zero-order chi connectivity index (χ0) is 12.5. The van der Waals surface area contributed by atoms with E-state index in [0.29, 0.717) is 12.8 Å². The van der Waals surface area contributed by atoms with Crippen LogP contribution in [0.3, 0.4) is 0 Å². The largest absolute Gasteiger partial charge is 0.481 e. The summed E-state index contributed by atoms with van der Waals surface area (Å²) in [5.74, 6) is -0.838. The third kappa shape index (κ3) is 1.34. The van der Waals surface area contributed by atoms with Crippen LogP contribution < -0.4 is 0 Å². The Morgan fingerprint density at radius 2 is 2.17 bits per heavy atom. The van der Waals surface area contributed by atoms with Crippen molar-refractivity contribution in [2.45, 2.75) is 67.9 Å². The third-order valence-electron chi connectivity index (χ3n) is 4.67. The van der Waals surface area contributed by atoms with Crippen LogP contribution in [0.5, 0.6) is 0 Å². The van der Waals surface area contributed by atoms with Gasteiger partial charge in [-0.15, -0.1) is 0 Å². The van der Waals surface area contributed by atoms with Crippen molar-refractivity contribution in [2.24, 2.45) is 0 Å². The molecule has 0 aromatic heterocycles. The Kier molecular flexibility index (Phi) is 2.14. The van der Waals surface area contributed by atoms with Gasteiger partial charge in [0, 0.05) is 6.42 Å². The van der Waals surface area contributed by atoms with Crippen molar-refractivity contribution in [3.05, 3.63) is 0 Å². The highest BCUT2D eigenvalue weighted by Crippen LogP contribution is 2.56. The first-order valence-electron chi connectivity index (χ1n) is 6.49. The zero-order valence-electron chi connectivity index (χ0n) is 9.82. The molecule has 2 N–H and O–H groups in total. The second-order valence-corrected chi connectivity index (χ2v) is 5.75. The lowest BCUT2D eigenvalue weighted by molar-refractivity contribution is -0.181. The maximum absolute atomic E-state index is 10.8. The van der Waals surface area contributed by atoms with Gasteiger partial charge in [0.2, 0.25) is 0 Å². The number of ether oxygens (including phenoxy) is 3. The van der Waals surface area contributed by atoms with Gasteiger partial charge in [-0.05, 0) is 12.8 Å². The van der Waals surface area contributed by atoms with E-state index < -0.39 is 17.7 Å². The second kappa shape index (κ2) is 3.45. The van der Waals surface area contributed by atoms with Crippen LogP contribution in [0, 0.1) is 0 Å². The first kappa shape index (κ1) is 11.2. The first-order chi connectivity index (χ1) is 8.60. The maximum Gasteiger partial charge on any atom is 0.305 e. The zero-order valence-corrected chi connectivity index (χ0v) is 9.82. The van der Waals surface area contributed by atoms with Gasteiger partial charge >= 0.3 is 5.97 Å². The number of hydrogen-bond acceptors (Lipinski definition) is 5. The van der Waals surface area contributed by atoms with E-state index in [1.807, 2.05) is 0 Å². The molecule has 3 heterocycles. The highest BCUT2D eigenvalue weighted by atomic mass is 16.7. The van der Waals surface area contributed by atoms with E-state index in [0.717, 1.165) is 6.42 Å². The lowest BCUT2D eigenvalue weighted by atomic mass is 9.77. The molecule has 3 saturated heterocycles. The summed E-state index contributed by atoms with van der Waals surface area (Å²) < 4.78 is 17.4. The molecular formula is C12H16O6. The Balaban J connectivity index is 1.59. The summed E-state index contributed by atoms with van der Waals surface area (Å²) in [7, 11) is 0. The molecule has 4 rings (SSSR count). The predicted molar refractivity (Wildman–Crippen MR) is 57.0 cm³/mol. The van der Waals surface area contributed by atoms with Crippen molar-refractivity contribution < 1.29 is 29.2 Å². The predicted octanol–water partition coefficient (Wildman–Crippen LogP) is -0.322. The minimum atomic E-state index is -0.838. The minimum Gasteiger partial charge on any atom is -0.481 e. The molecule has 0 aromatic rings. The molecule has 1 aliphatic carbocycles. The molecule has 1 unspecified atom stereocenters. The number of carbonyl (C=O) groups is 1. The van der Waals surface area contributed by atoms with E-state index in [9.17, 15) is 9.90 Å². The van der Waals surface area contributed by atoms with Crippen molar-refractivity contribution in [1.29, 1.82) is 0 Å². The van der Waals surface area contributed by atoms with Crippen LogP contribution >= 0.6 is 0 Å². The van der Waals surface area contributed by atoms with Gasteiger partial charge in [0.25, 0.3) is 0 Å². The number of fused-ring (bicyclic) bond motifs is 2. The lowest BCUT2D eigenvalue weighted by Crippen LogP contribution is -2.55. The number of carboxylic acids is 1. The normalized spacial score (nSPS) is 56.7. The van der Waals surface area contributed by atoms with Crippen LogP contribution in [-0.2, 0) is 19.0 Å². The molecule has 18 heavy (non-hydrogen) atoms. The van der Waals surface area contributed by atoms with Gasteiger partial charge in [-0.3, -0.25) is 4.79 Å². The highest BCUT2D eigenvalue weighted by molar-refractivity contribution is 5.67. The van der Waals surface area contributed by atoms with E-state index in [2.05, 4.69) is 0 Å². The molecule has 4 fully saturated rings. The SMILES string of the molecule is O=C(O)C[C@H]1CC[C@@H]2O[C@@H]3C[C@@]2(O1)[C@H]1OC1[C@H]3O. The van der Waals surface area contributed by atoms with E-state index in [1.165, 1.54) is 0 Å². The molecule has 4 aliphatic rings. The van der Waals surface area contributed by atoms with E-state index in [1.54, 1.807) is 0 Å². The fourth-order valence-electron chi connectivity index (χ4n) is 3.86. The Labute approximate surface area is 104 Å². The van der Waals surface area contributed by atoms with E-state index in [4.69, 9.17) is 19.3 Å². The topological polar surface area (TPSA) is 88.5 Å². The molecule has 1 saturated carbocycles. The molecule has 2 bridgehead atoms. The molecule has 1 spiro atoms. The summed E-state index contributed by atoms with van der Waals surface area (Å²) in [6, 6.07) is 0. The van der Waals surface area contributed by atoms with Crippen LogP contribution in [-0.4, -0.2) is 58.4 Å². The summed E-state index contributed by atoms with van der Waals surface area (Å²) >= 11 is 0. The summed E-state index contributed by atoms with van der Waals surface area (Å²) in [6.07, 6.45) is 0.725. The maximum atomic E-state index is 10.8. The Hall–Kier alpha value is -0.690. The fourth-order valence-corrected chi connectivity index (χ4v) is 3.86. The van der Waals surface area contributed by atoms with Gasteiger partial charge in [0.05, 0.1) is 24.7 Å². The summed E-state index contributed by atoms with van der Waals surface area (Å²) in [5, 5.41) is 18.8. The third-order valence-corrected chi connectivity index (χ3v) is 4.67. The fraction of sp³-hybridized carbons (Fsp3) is 0.917. The number of aliphatic carboxylic acids is 1. The minimum absolute atomic E-state index is 0.0269. The van der Waals surface area contributed by atoms with Gasteiger partial charge in [-0.2, -0.15) is 0 Å². The molecule has 3 aliphatic heterocycles. The van der Waals surface area contributed by atoms with Crippen molar-refractivity contribution in [3.8, 4) is 0 Å². The van der Waals surface area contributed by atoms with Crippen LogP contribution in [0.15, 0.2) is 0 Å². The average Bonchev–Trinajstić information content (AvgIpc) is 3.03. The van der Waals surface area contributed by atoms with E-state index >= 15 is 0 Å². The highest BCUT2D eigenvalue weighted by Gasteiger charge is 2.73. The molecule has 0 amide bonds. The monoisotopic (exact) mass is 256 g/mol. The Morgan fingerprint density at radius 3 is 2.94 bits per heavy atom. The smallest absolute Gasteiger partial charge is 0.305 e. The lowest BCUT2D eigenvalue weighted by Gasteiger charge is -2.41. The van der Waals surface area contributed by atoms with Crippen LogP contribution in [0.2, 0.25) is 0 Å². The Bertz CT molecular complexity index is 398. The number of aliphatic hydroxyl groups excluding tert-OH is 1. The average molecular weight is 256 g/mol. The van der Waals surface area contributed by atoms with Crippen molar-refractivity contribution in [1.82, 2.24) is 0 Å². The summed E-state index contributed by atoms with van der Waals surface area (Å²) in [4.78, 5) is 10.8. The molecule has 6 nitrogen and oxygen atoms in total. The van der Waals surface area contributed by atoms with Gasteiger partial charge in [-0.1, -0.05) is 0 Å². The number of aliphatic hydroxyl groups is 1. The number of carboxylic acid groups (broad SMARTS) is 1. The van der Waals surface area contributed by atoms with E-state index in [-0.39, 0.29) is 36.9 Å². The van der Waals surface area contributed by atoms with Crippen molar-refractivity contribution >= 4 is 5.97 Å². The van der Waals surface area contributed by atoms with Crippen LogP contribution in [0.1, 0.15) is 25.7 Å². The molecule has 100 valence electrons. The molecule has 6 heteroatoms. The van der Waals surface area contributed by atoms with Gasteiger partial charge in [0.15, 0.2) is 0 Å². The van der Waals surface area contributed by atoms with Gasteiger partial charge < -0.3 is 24.4 Å². The standard InChI is InChI=1S/C12H16O6/c13-8(14)3-5-1-2-7-12(18-5)4-6(16-7)9(15)10-11(12)17-10/h5-7,9-11,15H,1-4H2,(H,13,14)/t5-,6-,7+,9+,10?,11+,12+/m1/s1. The molecule has 0 aromatic carbocycles. The molecule has 0 radical (unpaired) electrons. The summed E-state index contributed by atoms with van der Waals surface area (Å²) in [5.41, 5.74) is -0.507. The van der Waals surface area contributed by atoms with Crippen LogP contribution in [0.4, 0.5) is 0 Å². The number of hydrogen-bond donors (Lipinski definition) is 2. The Morgan fingerprint density at radius 1 is 1.33 bits per heavy atom. The molecule has 7 atom stereocenters. The quantitative estimate of drug-likeness (QED) is 0.658. The van der Waals surface area contributed by atoms with Crippen LogP contribution in [0.25, 0.3) is 0 Å².